The summed E-state index contributed by atoms with van der Waals surface area (Å²) in [6, 6.07) is 33.9. The van der Waals surface area contributed by atoms with Crippen molar-refractivity contribution in [3.05, 3.63) is 130 Å². The van der Waals surface area contributed by atoms with Gasteiger partial charge < -0.3 is 5.32 Å². The Morgan fingerprint density at radius 3 is 1.34 bits per heavy atom. The van der Waals surface area contributed by atoms with Gasteiger partial charge in [0.15, 0.2) is 5.84 Å². The molecule has 0 aliphatic carbocycles. The molecule has 1 N–H and O–H groups in total. The topological polar surface area (TPSA) is 36.8 Å². The first-order valence-electron chi connectivity index (χ1n) is 15.0. The quantitative estimate of drug-likeness (QED) is 0.174. The SMILES string of the molecule is CC(C)c1cccc(C(C)C)c1N=C(N=C(Nc1c(C(C)C)cccc1C(C)C)c1ccccc1)c1ccccc1. The molecule has 41 heavy (non-hydrogen) atoms. The van der Waals surface area contributed by atoms with E-state index in [1.54, 1.807) is 0 Å². The fourth-order valence-electron chi connectivity index (χ4n) is 5.17. The predicted molar refractivity (Wildman–Crippen MR) is 178 cm³/mol. The van der Waals surface area contributed by atoms with E-state index in [0.29, 0.717) is 29.5 Å². The third-order valence-electron chi connectivity index (χ3n) is 7.47. The van der Waals surface area contributed by atoms with Crippen LogP contribution in [0.2, 0.25) is 0 Å². The molecular weight excluding hydrogens is 498 g/mol. The van der Waals surface area contributed by atoms with E-state index in [0.717, 1.165) is 28.3 Å². The van der Waals surface area contributed by atoms with E-state index in [4.69, 9.17) is 9.98 Å². The standard InChI is InChI=1S/C38H45N3/c1-25(2)31-21-15-22-32(26(3)4)35(31)39-37(29-17-11-9-12-18-29)41-38(30-19-13-10-14-20-30)40-36-33(27(5)6)23-16-24-34(36)28(7)8/h9-28H,1-8H3,(H,39,40,41). The minimum absolute atomic E-state index is 0.340. The highest BCUT2D eigenvalue weighted by molar-refractivity contribution is 6.17. The summed E-state index contributed by atoms with van der Waals surface area (Å²) in [4.78, 5) is 10.7. The monoisotopic (exact) mass is 543 g/mol. The van der Waals surface area contributed by atoms with Gasteiger partial charge in [0.05, 0.1) is 5.69 Å². The zero-order valence-electron chi connectivity index (χ0n) is 25.9. The van der Waals surface area contributed by atoms with Crippen LogP contribution >= 0.6 is 0 Å². The molecule has 0 aliphatic heterocycles. The zero-order chi connectivity index (χ0) is 29.5. The molecule has 3 nitrogen and oxygen atoms in total. The molecule has 0 aromatic heterocycles. The summed E-state index contributed by atoms with van der Waals surface area (Å²) in [6.07, 6.45) is 0. The second kappa shape index (κ2) is 13.6. The van der Waals surface area contributed by atoms with Gasteiger partial charge in [-0.3, -0.25) is 0 Å². The van der Waals surface area contributed by atoms with Crippen LogP contribution in [0.15, 0.2) is 107 Å². The molecule has 0 aliphatic rings. The highest BCUT2D eigenvalue weighted by Crippen LogP contribution is 2.36. The molecule has 0 unspecified atom stereocenters. The molecule has 3 heteroatoms. The lowest BCUT2D eigenvalue weighted by Crippen LogP contribution is -2.19. The third kappa shape index (κ3) is 7.21. The van der Waals surface area contributed by atoms with Gasteiger partial charge in [0, 0.05) is 16.8 Å². The van der Waals surface area contributed by atoms with Crippen LogP contribution in [0, 0.1) is 0 Å². The van der Waals surface area contributed by atoms with Crippen molar-refractivity contribution in [1.82, 2.24) is 0 Å². The average molecular weight is 544 g/mol. The molecular formula is C38H45N3. The van der Waals surface area contributed by atoms with Crippen LogP contribution in [-0.4, -0.2) is 11.7 Å². The van der Waals surface area contributed by atoms with E-state index in [-0.39, 0.29) is 0 Å². The van der Waals surface area contributed by atoms with E-state index >= 15 is 0 Å². The number of nitrogens with one attached hydrogen (secondary N) is 1. The first-order valence-corrected chi connectivity index (χ1v) is 15.0. The van der Waals surface area contributed by atoms with Crippen molar-refractivity contribution in [1.29, 1.82) is 0 Å². The van der Waals surface area contributed by atoms with Crippen LogP contribution < -0.4 is 5.32 Å². The van der Waals surface area contributed by atoms with Crippen molar-refractivity contribution in [3.8, 4) is 0 Å². The summed E-state index contributed by atoms with van der Waals surface area (Å²) in [5.41, 5.74) is 9.21. The van der Waals surface area contributed by atoms with E-state index < -0.39 is 0 Å². The zero-order valence-corrected chi connectivity index (χ0v) is 25.9. The average Bonchev–Trinajstić information content (AvgIpc) is 2.96. The Labute approximate surface area is 247 Å². The maximum atomic E-state index is 5.38. The molecule has 4 aromatic carbocycles. The van der Waals surface area contributed by atoms with Crippen molar-refractivity contribution in [2.45, 2.75) is 79.1 Å². The summed E-state index contributed by atoms with van der Waals surface area (Å²) in [5, 5.41) is 3.83. The summed E-state index contributed by atoms with van der Waals surface area (Å²) in [6.45, 7) is 17.9. The predicted octanol–water partition coefficient (Wildman–Crippen LogP) is 10.8. The molecule has 0 saturated carbocycles. The second-order valence-electron chi connectivity index (χ2n) is 12.0. The van der Waals surface area contributed by atoms with Crippen molar-refractivity contribution < 1.29 is 0 Å². The number of aliphatic imine (C=N–C) groups is 2. The second-order valence-corrected chi connectivity index (χ2v) is 12.0. The maximum absolute atomic E-state index is 5.38. The molecule has 0 radical (unpaired) electrons. The van der Waals surface area contributed by atoms with Crippen LogP contribution in [-0.2, 0) is 0 Å². The van der Waals surface area contributed by atoms with Crippen LogP contribution in [0.25, 0.3) is 0 Å². The lowest BCUT2D eigenvalue weighted by Gasteiger charge is -2.22. The molecule has 0 atom stereocenters. The Morgan fingerprint density at radius 1 is 0.488 bits per heavy atom. The number of hydrogen-bond acceptors (Lipinski definition) is 1. The number of hydrogen-bond donors (Lipinski definition) is 1. The highest BCUT2D eigenvalue weighted by Gasteiger charge is 2.19. The van der Waals surface area contributed by atoms with Gasteiger partial charge in [-0.15, -0.1) is 0 Å². The van der Waals surface area contributed by atoms with Crippen LogP contribution in [0.3, 0.4) is 0 Å². The van der Waals surface area contributed by atoms with E-state index in [9.17, 15) is 0 Å². The van der Waals surface area contributed by atoms with Crippen molar-refractivity contribution in [3.63, 3.8) is 0 Å². The van der Waals surface area contributed by atoms with Gasteiger partial charge >= 0.3 is 0 Å². The number of amidine groups is 2. The lowest BCUT2D eigenvalue weighted by atomic mass is 9.92. The van der Waals surface area contributed by atoms with Crippen LogP contribution in [0.5, 0.6) is 0 Å². The summed E-state index contributed by atoms with van der Waals surface area (Å²) in [5.74, 6) is 2.89. The van der Waals surface area contributed by atoms with Gasteiger partial charge in [-0.05, 0) is 45.9 Å². The van der Waals surface area contributed by atoms with Gasteiger partial charge in [-0.2, -0.15) is 0 Å². The Balaban J connectivity index is 2.01. The molecule has 0 amide bonds. The van der Waals surface area contributed by atoms with E-state index in [1.165, 1.54) is 22.3 Å². The molecule has 0 fully saturated rings. The van der Waals surface area contributed by atoms with Gasteiger partial charge in [0.25, 0.3) is 0 Å². The molecule has 0 bridgehead atoms. The number of para-hydroxylation sites is 2. The number of nitrogens with zero attached hydrogens (tertiary/aromatic N) is 2. The molecule has 0 saturated heterocycles. The summed E-state index contributed by atoms with van der Waals surface area (Å²) >= 11 is 0. The Morgan fingerprint density at radius 2 is 0.902 bits per heavy atom. The smallest absolute Gasteiger partial charge is 0.162 e. The summed E-state index contributed by atoms with van der Waals surface area (Å²) in [7, 11) is 0. The fourth-order valence-corrected chi connectivity index (χ4v) is 5.17. The fraction of sp³-hybridized carbons (Fsp3) is 0.316. The number of benzene rings is 4. The van der Waals surface area contributed by atoms with Gasteiger partial charge in [-0.25, -0.2) is 9.98 Å². The van der Waals surface area contributed by atoms with Crippen LogP contribution in [0.4, 0.5) is 11.4 Å². The largest absolute Gasteiger partial charge is 0.339 e. The van der Waals surface area contributed by atoms with Crippen LogP contribution in [0.1, 0.15) is 112 Å². The Hall–Kier alpha value is -3.98. The Kier molecular flexibility index (Phi) is 9.94. The van der Waals surface area contributed by atoms with E-state index in [1.807, 2.05) is 12.1 Å². The molecule has 4 aromatic rings. The van der Waals surface area contributed by atoms with Gasteiger partial charge in [-0.1, -0.05) is 152 Å². The van der Waals surface area contributed by atoms with Crippen molar-refractivity contribution in [2.75, 3.05) is 5.32 Å². The normalized spacial score (nSPS) is 12.6. The Bertz CT molecular complexity index is 1440. The molecule has 0 spiro atoms. The first kappa shape index (κ1) is 30.0. The molecule has 4 rings (SSSR count). The minimum atomic E-state index is 0.340. The third-order valence-corrected chi connectivity index (χ3v) is 7.47. The van der Waals surface area contributed by atoms with Gasteiger partial charge in [0.1, 0.15) is 5.84 Å². The number of rotatable bonds is 8. The maximum Gasteiger partial charge on any atom is 0.162 e. The number of anilines is 1. The van der Waals surface area contributed by atoms with Crippen molar-refractivity contribution >= 4 is 23.0 Å². The lowest BCUT2D eigenvalue weighted by molar-refractivity contribution is 0.834. The van der Waals surface area contributed by atoms with E-state index in [2.05, 4.69) is 146 Å². The summed E-state index contributed by atoms with van der Waals surface area (Å²) < 4.78 is 0. The first-order chi connectivity index (χ1) is 19.7. The molecule has 0 heterocycles. The minimum Gasteiger partial charge on any atom is -0.339 e. The van der Waals surface area contributed by atoms with Gasteiger partial charge in [0.2, 0.25) is 0 Å². The molecule has 212 valence electrons. The highest BCUT2D eigenvalue weighted by atomic mass is 15.0. The van der Waals surface area contributed by atoms with Crippen molar-refractivity contribution in [2.24, 2.45) is 9.98 Å².